The van der Waals surface area contributed by atoms with Crippen molar-refractivity contribution >= 4 is 43.5 Å². The number of halogens is 1. The lowest BCUT2D eigenvalue weighted by atomic mass is 10.0. The molecule has 2 atom stereocenters. The number of carbonyl (C=O) groups is 2. The molecule has 0 aliphatic heterocycles. The normalized spacial score (nSPS) is 12.7. The van der Waals surface area contributed by atoms with E-state index in [1.807, 2.05) is 95.3 Å². The van der Waals surface area contributed by atoms with E-state index in [9.17, 15) is 18.0 Å². The largest absolute Gasteiger partial charge is 0.352 e. The summed E-state index contributed by atoms with van der Waals surface area (Å²) >= 11 is 3.52. The van der Waals surface area contributed by atoms with E-state index in [4.69, 9.17) is 0 Å². The minimum Gasteiger partial charge on any atom is -0.352 e. The number of hydrogen-bond acceptors (Lipinski definition) is 4. The SMILES string of the molecule is CCC(C)NC(=O)C(Cc1ccccc1)N(Cc1cccc(Br)c1)C(=O)CN(c1cc(C)cc(C)c1)S(=O)(=O)c1ccc(C)cc1. The predicted octanol–water partition coefficient (Wildman–Crippen LogP) is 7.12. The van der Waals surface area contributed by atoms with Crippen molar-refractivity contribution in [2.75, 3.05) is 10.8 Å². The number of nitrogens with one attached hydrogen (secondary N) is 1. The summed E-state index contributed by atoms with van der Waals surface area (Å²) in [5, 5.41) is 3.07. The molecule has 0 aromatic heterocycles. The molecule has 0 aliphatic carbocycles. The van der Waals surface area contributed by atoms with Crippen molar-refractivity contribution in [1.29, 1.82) is 0 Å². The number of amides is 2. The monoisotopic (exact) mass is 703 g/mol. The second kappa shape index (κ2) is 15.6. The fraction of sp³-hybridized carbons (Fsp3) is 0.297. The van der Waals surface area contributed by atoms with E-state index in [0.717, 1.165) is 38.7 Å². The van der Waals surface area contributed by atoms with Gasteiger partial charge in [-0.3, -0.25) is 13.9 Å². The van der Waals surface area contributed by atoms with E-state index >= 15 is 0 Å². The Kier molecular flexibility index (Phi) is 11.8. The highest BCUT2D eigenvalue weighted by Crippen LogP contribution is 2.27. The number of sulfonamides is 1. The molecular weight excluding hydrogens is 662 g/mol. The molecule has 0 bridgehead atoms. The average Bonchev–Trinajstić information content (AvgIpc) is 3.01. The summed E-state index contributed by atoms with van der Waals surface area (Å²) in [5.41, 5.74) is 4.73. The quantitative estimate of drug-likeness (QED) is 0.161. The van der Waals surface area contributed by atoms with Crippen LogP contribution in [0, 0.1) is 20.8 Å². The Balaban J connectivity index is 1.83. The average molecular weight is 705 g/mol. The van der Waals surface area contributed by atoms with Crippen LogP contribution in [0.1, 0.15) is 48.1 Å². The van der Waals surface area contributed by atoms with Crippen LogP contribution in [0.3, 0.4) is 0 Å². The van der Waals surface area contributed by atoms with Crippen molar-refractivity contribution in [3.05, 3.63) is 129 Å². The Bertz CT molecular complexity index is 1740. The van der Waals surface area contributed by atoms with Gasteiger partial charge in [-0.05, 0) is 92.8 Å². The van der Waals surface area contributed by atoms with E-state index < -0.39 is 28.5 Å². The fourth-order valence-corrected chi connectivity index (χ4v) is 7.13. The number of anilines is 1. The second-order valence-electron chi connectivity index (χ2n) is 11.8. The first-order chi connectivity index (χ1) is 21.9. The van der Waals surface area contributed by atoms with E-state index in [2.05, 4.69) is 21.2 Å². The molecule has 0 spiro atoms. The summed E-state index contributed by atoms with van der Waals surface area (Å²) in [6.07, 6.45) is 0.982. The predicted molar refractivity (Wildman–Crippen MR) is 188 cm³/mol. The summed E-state index contributed by atoms with van der Waals surface area (Å²) in [7, 11) is -4.16. The van der Waals surface area contributed by atoms with Crippen LogP contribution in [0.15, 0.2) is 106 Å². The molecule has 242 valence electrons. The molecule has 0 saturated carbocycles. The maximum absolute atomic E-state index is 14.6. The maximum Gasteiger partial charge on any atom is 0.264 e. The van der Waals surface area contributed by atoms with Crippen LogP contribution in [0.5, 0.6) is 0 Å². The molecule has 7 nitrogen and oxygen atoms in total. The highest BCUT2D eigenvalue weighted by atomic mass is 79.9. The Morgan fingerprint density at radius 1 is 0.804 bits per heavy atom. The Morgan fingerprint density at radius 2 is 1.43 bits per heavy atom. The van der Waals surface area contributed by atoms with Crippen molar-refractivity contribution in [2.45, 2.75) is 71.0 Å². The van der Waals surface area contributed by atoms with Gasteiger partial charge in [-0.2, -0.15) is 0 Å². The van der Waals surface area contributed by atoms with Gasteiger partial charge in [0.2, 0.25) is 11.8 Å². The molecule has 0 aliphatic rings. The van der Waals surface area contributed by atoms with Gasteiger partial charge in [0.15, 0.2) is 0 Å². The smallest absolute Gasteiger partial charge is 0.264 e. The first kappa shape index (κ1) is 34.9. The third-order valence-electron chi connectivity index (χ3n) is 7.90. The van der Waals surface area contributed by atoms with Gasteiger partial charge in [-0.25, -0.2) is 8.42 Å². The minimum absolute atomic E-state index is 0.0824. The lowest BCUT2D eigenvalue weighted by molar-refractivity contribution is -0.140. The lowest BCUT2D eigenvalue weighted by Gasteiger charge is -2.34. The van der Waals surface area contributed by atoms with Gasteiger partial charge in [0.05, 0.1) is 10.6 Å². The number of aryl methyl sites for hydroxylation is 3. The molecule has 4 aromatic carbocycles. The molecule has 4 rings (SSSR count). The molecule has 1 N–H and O–H groups in total. The van der Waals surface area contributed by atoms with E-state index in [1.165, 1.54) is 9.21 Å². The summed E-state index contributed by atoms with van der Waals surface area (Å²) in [5.74, 6) is -0.782. The third-order valence-corrected chi connectivity index (χ3v) is 10.2. The molecule has 2 unspecified atom stereocenters. The highest BCUT2D eigenvalue weighted by Gasteiger charge is 2.35. The van der Waals surface area contributed by atoms with Crippen LogP contribution in [0.2, 0.25) is 0 Å². The number of benzene rings is 4. The highest BCUT2D eigenvalue weighted by molar-refractivity contribution is 9.10. The zero-order valence-corrected chi connectivity index (χ0v) is 29.4. The zero-order chi connectivity index (χ0) is 33.4. The number of carbonyl (C=O) groups excluding carboxylic acids is 2. The Morgan fingerprint density at radius 3 is 2.04 bits per heavy atom. The van der Waals surface area contributed by atoms with Gasteiger partial charge in [-0.15, -0.1) is 0 Å². The molecule has 0 saturated heterocycles. The zero-order valence-electron chi connectivity index (χ0n) is 27.0. The van der Waals surface area contributed by atoms with Crippen molar-refractivity contribution < 1.29 is 18.0 Å². The minimum atomic E-state index is -4.16. The lowest BCUT2D eigenvalue weighted by Crippen LogP contribution is -2.54. The molecule has 0 fully saturated rings. The van der Waals surface area contributed by atoms with Crippen molar-refractivity contribution in [1.82, 2.24) is 10.2 Å². The van der Waals surface area contributed by atoms with E-state index in [0.29, 0.717) is 5.69 Å². The van der Waals surface area contributed by atoms with Gasteiger partial charge in [0.1, 0.15) is 12.6 Å². The molecule has 9 heteroatoms. The van der Waals surface area contributed by atoms with Gasteiger partial charge < -0.3 is 10.2 Å². The molecule has 0 radical (unpaired) electrons. The van der Waals surface area contributed by atoms with Crippen LogP contribution in [-0.4, -0.2) is 43.8 Å². The van der Waals surface area contributed by atoms with Crippen molar-refractivity contribution in [2.24, 2.45) is 0 Å². The van der Waals surface area contributed by atoms with Crippen molar-refractivity contribution in [3.8, 4) is 0 Å². The maximum atomic E-state index is 14.6. The summed E-state index contributed by atoms with van der Waals surface area (Å²) < 4.78 is 30.6. The topological polar surface area (TPSA) is 86.8 Å². The summed E-state index contributed by atoms with van der Waals surface area (Å²) in [4.78, 5) is 30.2. The standard InChI is InChI=1S/C37H42BrN3O4S/c1-6-29(5)39-37(43)35(23-30-11-8-7-9-12-30)40(24-31-13-10-14-32(38)22-31)36(42)25-41(33-20-27(3)19-28(4)21-33)46(44,45)34-17-15-26(2)16-18-34/h7-22,29,35H,6,23-25H2,1-5H3,(H,39,43). The van der Waals surface area contributed by atoms with Crippen LogP contribution in [0.4, 0.5) is 5.69 Å². The Hall–Kier alpha value is -3.95. The fourth-order valence-electron chi connectivity index (χ4n) is 5.29. The molecule has 2 amide bonds. The van der Waals surface area contributed by atoms with Gasteiger partial charge in [0.25, 0.3) is 10.0 Å². The second-order valence-corrected chi connectivity index (χ2v) is 14.6. The van der Waals surface area contributed by atoms with E-state index in [1.54, 1.807) is 36.4 Å². The number of rotatable bonds is 13. The third kappa shape index (κ3) is 9.07. The van der Waals surface area contributed by atoms with E-state index in [-0.39, 0.29) is 29.8 Å². The molecule has 46 heavy (non-hydrogen) atoms. The van der Waals surface area contributed by atoms with Crippen molar-refractivity contribution in [3.63, 3.8) is 0 Å². The van der Waals surface area contributed by atoms with Crippen LogP contribution >= 0.6 is 15.9 Å². The molecular formula is C37H42BrN3O4S. The molecule has 0 heterocycles. The number of hydrogen-bond donors (Lipinski definition) is 1. The summed E-state index contributed by atoms with van der Waals surface area (Å²) in [6.45, 7) is 9.20. The van der Waals surface area contributed by atoms with Crippen LogP contribution < -0.4 is 9.62 Å². The van der Waals surface area contributed by atoms with Crippen LogP contribution in [-0.2, 0) is 32.6 Å². The molecule has 4 aromatic rings. The van der Waals surface area contributed by atoms with Gasteiger partial charge in [0, 0.05) is 23.5 Å². The van der Waals surface area contributed by atoms with Crippen LogP contribution in [0.25, 0.3) is 0 Å². The first-order valence-corrected chi connectivity index (χ1v) is 17.7. The summed E-state index contributed by atoms with van der Waals surface area (Å²) in [6, 6.07) is 28.2. The Labute approximate surface area is 281 Å². The van der Waals surface area contributed by atoms with Gasteiger partial charge >= 0.3 is 0 Å². The van der Waals surface area contributed by atoms with Gasteiger partial charge in [-0.1, -0.05) is 89.1 Å². The first-order valence-electron chi connectivity index (χ1n) is 15.4. The number of nitrogens with zero attached hydrogens (tertiary/aromatic N) is 2.